The van der Waals surface area contributed by atoms with Crippen LogP contribution in [0.2, 0.25) is 0 Å². The molecule has 0 bridgehead atoms. The third-order valence-corrected chi connectivity index (χ3v) is 3.97. The number of fused-ring (bicyclic) bond motifs is 2. The fourth-order valence-corrected chi connectivity index (χ4v) is 2.91. The van der Waals surface area contributed by atoms with Gasteiger partial charge in [-0.25, -0.2) is 4.68 Å². The van der Waals surface area contributed by atoms with Crippen LogP contribution in [-0.4, -0.2) is 33.2 Å². The molecule has 2 aromatic rings. The zero-order chi connectivity index (χ0) is 14.4. The molecule has 0 spiro atoms. The largest absolute Gasteiger partial charge is 0.356 e. The van der Waals surface area contributed by atoms with Gasteiger partial charge in [0.1, 0.15) is 5.69 Å². The minimum Gasteiger partial charge on any atom is -0.356 e. The molecule has 21 heavy (non-hydrogen) atoms. The van der Waals surface area contributed by atoms with Gasteiger partial charge in [0, 0.05) is 17.7 Å². The third kappa shape index (κ3) is 1.76. The van der Waals surface area contributed by atoms with Crippen molar-refractivity contribution in [1.29, 1.82) is 0 Å². The SMILES string of the molecule is O=C1c2ccccc2C(=O)c2c1nnn2[C@H]1CCCCO1. The molecule has 1 fully saturated rings. The van der Waals surface area contributed by atoms with E-state index < -0.39 is 0 Å². The van der Waals surface area contributed by atoms with Crippen molar-refractivity contribution in [3.8, 4) is 0 Å². The molecule has 1 aromatic carbocycles. The lowest BCUT2D eigenvalue weighted by atomic mass is 9.90. The average Bonchev–Trinajstić information content (AvgIpc) is 2.99. The highest BCUT2D eigenvalue weighted by molar-refractivity contribution is 6.26. The van der Waals surface area contributed by atoms with Crippen LogP contribution in [0.5, 0.6) is 0 Å². The number of carbonyl (C=O) groups is 2. The third-order valence-electron chi connectivity index (χ3n) is 3.97. The van der Waals surface area contributed by atoms with Gasteiger partial charge >= 0.3 is 0 Å². The number of nitrogens with zero attached hydrogens (tertiary/aromatic N) is 3. The van der Waals surface area contributed by atoms with E-state index in [-0.39, 0.29) is 29.2 Å². The summed E-state index contributed by atoms with van der Waals surface area (Å²) >= 11 is 0. The second-order valence-corrected chi connectivity index (χ2v) is 5.26. The quantitative estimate of drug-likeness (QED) is 0.680. The van der Waals surface area contributed by atoms with Crippen LogP contribution in [0.3, 0.4) is 0 Å². The van der Waals surface area contributed by atoms with E-state index in [9.17, 15) is 9.59 Å². The Labute approximate surface area is 120 Å². The summed E-state index contributed by atoms with van der Waals surface area (Å²) in [6.45, 7) is 0.637. The van der Waals surface area contributed by atoms with Crippen LogP contribution >= 0.6 is 0 Å². The van der Waals surface area contributed by atoms with Crippen LogP contribution in [0.4, 0.5) is 0 Å². The maximum atomic E-state index is 12.7. The minimum absolute atomic E-state index is 0.132. The molecule has 0 amide bonds. The van der Waals surface area contributed by atoms with Gasteiger partial charge in [-0.05, 0) is 19.3 Å². The van der Waals surface area contributed by atoms with Crippen molar-refractivity contribution in [2.75, 3.05) is 6.61 Å². The van der Waals surface area contributed by atoms with Gasteiger partial charge in [-0.3, -0.25) is 9.59 Å². The topological polar surface area (TPSA) is 74.1 Å². The van der Waals surface area contributed by atoms with Crippen LogP contribution < -0.4 is 0 Å². The number of aromatic nitrogens is 3. The van der Waals surface area contributed by atoms with Crippen molar-refractivity contribution in [3.63, 3.8) is 0 Å². The molecule has 1 saturated heterocycles. The van der Waals surface area contributed by atoms with E-state index in [2.05, 4.69) is 10.3 Å². The van der Waals surface area contributed by atoms with E-state index in [4.69, 9.17) is 4.74 Å². The van der Waals surface area contributed by atoms with Crippen LogP contribution in [0.15, 0.2) is 24.3 Å². The summed E-state index contributed by atoms with van der Waals surface area (Å²) in [6, 6.07) is 6.80. The predicted octanol–water partition coefficient (Wildman–Crippen LogP) is 1.75. The fourth-order valence-electron chi connectivity index (χ4n) is 2.91. The summed E-state index contributed by atoms with van der Waals surface area (Å²) in [4.78, 5) is 25.1. The molecule has 0 radical (unpaired) electrons. The Morgan fingerprint density at radius 3 is 2.57 bits per heavy atom. The van der Waals surface area contributed by atoms with Crippen molar-refractivity contribution < 1.29 is 14.3 Å². The first-order valence-corrected chi connectivity index (χ1v) is 7.02. The van der Waals surface area contributed by atoms with Crippen LogP contribution in [0.25, 0.3) is 0 Å². The lowest BCUT2D eigenvalue weighted by molar-refractivity contribution is -0.0414. The van der Waals surface area contributed by atoms with Crippen LogP contribution in [0, 0.1) is 0 Å². The number of benzene rings is 1. The zero-order valence-corrected chi connectivity index (χ0v) is 11.3. The summed E-state index contributed by atoms with van der Waals surface area (Å²) in [6.07, 6.45) is 2.48. The van der Waals surface area contributed by atoms with Gasteiger partial charge in [-0.2, -0.15) is 0 Å². The van der Waals surface area contributed by atoms with E-state index in [1.807, 2.05) is 0 Å². The Bertz CT molecular complexity index is 744. The Morgan fingerprint density at radius 2 is 1.86 bits per heavy atom. The molecule has 1 aliphatic carbocycles. The molecule has 0 unspecified atom stereocenters. The Kier molecular flexibility index (Phi) is 2.71. The van der Waals surface area contributed by atoms with E-state index >= 15 is 0 Å². The second kappa shape index (κ2) is 4.60. The molecule has 1 aliphatic heterocycles. The van der Waals surface area contributed by atoms with E-state index in [1.54, 1.807) is 24.3 Å². The molecular formula is C15H13N3O3. The molecule has 1 atom stereocenters. The number of ketones is 2. The summed E-state index contributed by atoms with van der Waals surface area (Å²) in [5.74, 6) is -0.457. The molecule has 2 heterocycles. The normalized spacial score (nSPS) is 21.0. The molecule has 4 rings (SSSR count). The van der Waals surface area contributed by atoms with Crippen LogP contribution in [-0.2, 0) is 4.74 Å². The van der Waals surface area contributed by atoms with E-state index in [1.165, 1.54) is 4.68 Å². The number of ether oxygens (including phenoxy) is 1. The highest BCUT2D eigenvalue weighted by atomic mass is 16.5. The van der Waals surface area contributed by atoms with Gasteiger partial charge in [-0.1, -0.05) is 29.5 Å². The van der Waals surface area contributed by atoms with Crippen molar-refractivity contribution in [2.45, 2.75) is 25.5 Å². The number of hydrogen-bond acceptors (Lipinski definition) is 5. The van der Waals surface area contributed by atoms with Gasteiger partial charge in [0.05, 0.1) is 0 Å². The van der Waals surface area contributed by atoms with Gasteiger partial charge in [0.15, 0.2) is 11.9 Å². The highest BCUT2D eigenvalue weighted by Crippen LogP contribution is 2.30. The van der Waals surface area contributed by atoms with Gasteiger partial charge < -0.3 is 4.74 Å². The zero-order valence-electron chi connectivity index (χ0n) is 11.3. The van der Waals surface area contributed by atoms with Crippen molar-refractivity contribution in [1.82, 2.24) is 15.0 Å². The molecular weight excluding hydrogens is 270 g/mol. The molecule has 6 heteroatoms. The summed E-state index contributed by atoms with van der Waals surface area (Å²) in [5, 5.41) is 7.93. The van der Waals surface area contributed by atoms with E-state index in [0.29, 0.717) is 17.7 Å². The van der Waals surface area contributed by atoms with Gasteiger partial charge in [0.2, 0.25) is 11.6 Å². The van der Waals surface area contributed by atoms with Crippen molar-refractivity contribution >= 4 is 11.6 Å². The summed E-state index contributed by atoms with van der Waals surface area (Å²) < 4.78 is 7.13. The summed E-state index contributed by atoms with van der Waals surface area (Å²) in [5.41, 5.74) is 1.19. The number of hydrogen-bond donors (Lipinski definition) is 0. The Balaban J connectivity index is 1.85. The average molecular weight is 283 g/mol. The Hall–Kier alpha value is -2.34. The first kappa shape index (κ1) is 12.4. The second-order valence-electron chi connectivity index (χ2n) is 5.26. The molecule has 6 nitrogen and oxygen atoms in total. The predicted molar refractivity (Wildman–Crippen MR) is 72.2 cm³/mol. The highest BCUT2D eigenvalue weighted by Gasteiger charge is 2.36. The first-order chi connectivity index (χ1) is 10.3. The molecule has 1 aromatic heterocycles. The summed E-state index contributed by atoms with van der Waals surface area (Å²) in [7, 11) is 0. The Morgan fingerprint density at radius 1 is 1.10 bits per heavy atom. The molecule has 0 saturated carbocycles. The van der Waals surface area contributed by atoms with Gasteiger partial charge in [0.25, 0.3) is 0 Å². The fraction of sp³-hybridized carbons (Fsp3) is 0.333. The minimum atomic E-state index is -0.308. The lowest BCUT2D eigenvalue weighted by Gasteiger charge is -2.24. The first-order valence-electron chi connectivity index (χ1n) is 7.02. The lowest BCUT2D eigenvalue weighted by Crippen LogP contribution is -2.27. The maximum Gasteiger partial charge on any atom is 0.216 e. The van der Waals surface area contributed by atoms with Gasteiger partial charge in [-0.15, -0.1) is 5.10 Å². The number of carbonyl (C=O) groups excluding carboxylic acids is 2. The smallest absolute Gasteiger partial charge is 0.216 e. The van der Waals surface area contributed by atoms with E-state index in [0.717, 1.165) is 19.3 Å². The molecule has 0 N–H and O–H groups in total. The standard InChI is InChI=1S/C15H13N3O3/c19-14-9-5-1-2-6-10(9)15(20)13-12(14)16-17-18(13)11-7-3-4-8-21-11/h1-2,5-6,11H,3-4,7-8H2/t11-/m1/s1. The monoisotopic (exact) mass is 283 g/mol. The maximum absolute atomic E-state index is 12.7. The van der Waals surface area contributed by atoms with Crippen molar-refractivity contribution in [3.05, 3.63) is 46.8 Å². The van der Waals surface area contributed by atoms with Crippen LogP contribution in [0.1, 0.15) is 57.6 Å². The van der Waals surface area contributed by atoms with Crippen molar-refractivity contribution in [2.24, 2.45) is 0 Å². The molecule has 2 aliphatic rings. The molecule has 106 valence electrons. The number of rotatable bonds is 1.